The molecule has 1 unspecified atom stereocenters. The number of thioether (sulfide) groups is 1. The molecule has 1 aromatic heterocycles. The smallest absolute Gasteiger partial charge is 0.357 e. The molecule has 0 spiro atoms. The van der Waals surface area contributed by atoms with Crippen molar-refractivity contribution >= 4 is 29.1 Å². The van der Waals surface area contributed by atoms with Gasteiger partial charge >= 0.3 is 5.97 Å². The van der Waals surface area contributed by atoms with E-state index in [-0.39, 0.29) is 5.97 Å². The lowest BCUT2D eigenvalue weighted by molar-refractivity contribution is 0.0594. The van der Waals surface area contributed by atoms with Crippen molar-refractivity contribution in [2.24, 2.45) is 0 Å². The predicted octanol–water partition coefficient (Wildman–Crippen LogP) is 2.50. The number of methoxy groups -OCH3 is 1. The Morgan fingerprint density at radius 2 is 2.57 bits per heavy atom. The molecule has 5 heteroatoms. The lowest BCUT2D eigenvalue weighted by atomic mass is 10.3. The van der Waals surface area contributed by atoms with E-state index in [0.29, 0.717) is 10.9 Å². The number of hydrogen-bond donors (Lipinski definition) is 0. The second-order valence-corrected chi connectivity index (χ2v) is 5.26. The van der Waals surface area contributed by atoms with Crippen LogP contribution in [0.4, 0.5) is 0 Å². The maximum atomic E-state index is 11.2. The third-order valence-corrected chi connectivity index (χ3v) is 4.61. The average molecular weight is 229 g/mol. The minimum Gasteiger partial charge on any atom is -0.464 e. The fourth-order valence-corrected chi connectivity index (χ4v) is 3.73. The van der Waals surface area contributed by atoms with Gasteiger partial charge in [-0.25, -0.2) is 9.78 Å². The molecule has 2 rings (SSSR count). The van der Waals surface area contributed by atoms with Crippen LogP contribution in [0.2, 0.25) is 0 Å². The Balaban J connectivity index is 2.12. The fourth-order valence-electron chi connectivity index (χ4n) is 1.41. The van der Waals surface area contributed by atoms with Crippen LogP contribution >= 0.6 is 23.1 Å². The standard InChI is InChI=1S/C9H11NO2S2/c1-12-9(11)6-5-14-8(10-6)7-3-2-4-13-7/h5,7H,2-4H2,1H3. The number of nitrogens with zero attached hydrogens (tertiary/aromatic N) is 1. The molecule has 0 saturated carbocycles. The molecule has 1 aliphatic rings. The molecule has 0 bridgehead atoms. The highest BCUT2D eigenvalue weighted by molar-refractivity contribution is 7.99. The maximum Gasteiger partial charge on any atom is 0.357 e. The average Bonchev–Trinajstić information content (AvgIpc) is 2.86. The molecular weight excluding hydrogens is 218 g/mol. The highest BCUT2D eigenvalue weighted by Crippen LogP contribution is 2.40. The summed E-state index contributed by atoms with van der Waals surface area (Å²) in [6.45, 7) is 0. The summed E-state index contributed by atoms with van der Waals surface area (Å²) < 4.78 is 4.61. The van der Waals surface area contributed by atoms with Crippen molar-refractivity contribution in [2.45, 2.75) is 18.1 Å². The Bertz CT molecular complexity index is 331. The fraction of sp³-hybridized carbons (Fsp3) is 0.556. The normalized spacial score (nSPS) is 21.1. The van der Waals surface area contributed by atoms with Gasteiger partial charge in [0.05, 0.1) is 12.4 Å². The third kappa shape index (κ3) is 1.93. The van der Waals surface area contributed by atoms with E-state index in [9.17, 15) is 4.79 Å². The van der Waals surface area contributed by atoms with E-state index < -0.39 is 0 Å². The van der Waals surface area contributed by atoms with Crippen LogP contribution in [0.3, 0.4) is 0 Å². The molecule has 2 heterocycles. The molecule has 0 N–H and O–H groups in total. The molecule has 0 radical (unpaired) electrons. The first-order chi connectivity index (χ1) is 6.81. The summed E-state index contributed by atoms with van der Waals surface area (Å²) in [5.41, 5.74) is 0.444. The SMILES string of the molecule is COC(=O)c1csc(C2CCCS2)n1. The Kier molecular flexibility index (Phi) is 3.08. The van der Waals surface area contributed by atoms with Gasteiger partial charge in [-0.3, -0.25) is 0 Å². The zero-order valence-electron chi connectivity index (χ0n) is 7.86. The van der Waals surface area contributed by atoms with E-state index in [4.69, 9.17) is 0 Å². The monoisotopic (exact) mass is 229 g/mol. The maximum absolute atomic E-state index is 11.2. The second kappa shape index (κ2) is 4.31. The van der Waals surface area contributed by atoms with Gasteiger partial charge in [0, 0.05) is 5.38 Å². The van der Waals surface area contributed by atoms with Gasteiger partial charge in [-0.1, -0.05) is 0 Å². The summed E-state index contributed by atoms with van der Waals surface area (Å²) in [6, 6.07) is 0. The number of hydrogen-bond acceptors (Lipinski definition) is 5. The zero-order chi connectivity index (χ0) is 9.97. The summed E-state index contributed by atoms with van der Waals surface area (Å²) in [6.07, 6.45) is 2.43. The van der Waals surface area contributed by atoms with Gasteiger partial charge in [0.25, 0.3) is 0 Å². The number of ether oxygens (including phenoxy) is 1. The van der Waals surface area contributed by atoms with Gasteiger partial charge in [-0.15, -0.1) is 11.3 Å². The van der Waals surface area contributed by atoms with E-state index in [1.807, 2.05) is 11.8 Å². The van der Waals surface area contributed by atoms with E-state index in [1.165, 1.54) is 25.7 Å². The number of carbonyl (C=O) groups is 1. The predicted molar refractivity (Wildman–Crippen MR) is 57.9 cm³/mol. The van der Waals surface area contributed by atoms with E-state index in [0.717, 1.165) is 5.01 Å². The van der Waals surface area contributed by atoms with Gasteiger partial charge in [-0.05, 0) is 18.6 Å². The summed E-state index contributed by atoms with van der Waals surface area (Å²) in [5.74, 6) is 0.869. The summed E-state index contributed by atoms with van der Waals surface area (Å²) in [5, 5.41) is 3.34. The van der Waals surface area contributed by atoms with Crippen LogP contribution in [-0.4, -0.2) is 23.8 Å². The lowest BCUT2D eigenvalue weighted by Crippen LogP contribution is -2.01. The number of rotatable bonds is 2. The molecule has 3 nitrogen and oxygen atoms in total. The van der Waals surface area contributed by atoms with Crippen molar-refractivity contribution in [1.82, 2.24) is 4.98 Å². The van der Waals surface area contributed by atoms with Gasteiger partial charge in [0.15, 0.2) is 5.69 Å². The van der Waals surface area contributed by atoms with Crippen LogP contribution in [0, 0.1) is 0 Å². The zero-order valence-corrected chi connectivity index (χ0v) is 9.49. The van der Waals surface area contributed by atoms with Crippen molar-refractivity contribution in [2.75, 3.05) is 12.9 Å². The van der Waals surface area contributed by atoms with Crippen molar-refractivity contribution in [3.63, 3.8) is 0 Å². The minimum atomic E-state index is -0.338. The van der Waals surface area contributed by atoms with Crippen LogP contribution in [0.15, 0.2) is 5.38 Å². The van der Waals surface area contributed by atoms with Crippen molar-refractivity contribution < 1.29 is 9.53 Å². The van der Waals surface area contributed by atoms with Gasteiger partial charge < -0.3 is 4.74 Å². The quantitative estimate of drug-likeness (QED) is 0.730. The van der Waals surface area contributed by atoms with Crippen LogP contribution in [-0.2, 0) is 4.74 Å². The molecule has 0 amide bonds. The first-order valence-electron chi connectivity index (χ1n) is 4.46. The number of thiazole rings is 1. The van der Waals surface area contributed by atoms with Gasteiger partial charge in [0.1, 0.15) is 5.01 Å². The van der Waals surface area contributed by atoms with E-state index in [1.54, 1.807) is 16.7 Å². The Morgan fingerprint density at radius 1 is 1.71 bits per heavy atom. The first kappa shape index (κ1) is 9.98. The van der Waals surface area contributed by atoms with Gasteiger partial charge in [-0.2, -0.15) is 11.8 Å². The summed E-state index contributed by atoms with van der Waals surface area (Å²) >= 11 is 3.48. The third-order valence-electron chi connectivity index (χ3n) is 2.12. The number of carbonyl (C=O) groups excluding carboxylic acids is 1. The number of esters is 1. The van der Waals surface area contributed by atoms with Crippen molar-refractivity contribution in [1.29, 1.82) is 0 Å². The van der Waals surface area contributed by atoms with Crippen LogP contribution in [0.1, 0.15) is 33.6 Å². The van der Waals surface area contributed by atoms with E-state index >= 15 is 0 Å². The Morgan fingerprint density at radius 3 is 3.21 bits per heavy atom. The minimum absolute atomic E-state index is 0.338. The summed E-state index contributed by atoms with van der Waals surface area (Å²) in [4.78, 5) is 15.4. The molecule has 0 aliphatic carbocycles. The van der Waals surface area contributed by atoms with Crippen molar-refractivity contribution in [3.8, 4) is 0 Å². The largest absolute Gasteiger partial charge is 0.464 e. The molecule has 1 atom stereocenters. The topological polar surface area (TPSA) is 39.2 Å². The lowest BCUT2D eigenvalue weighted by Gasteiger charge is -2.01. The highest BCUT2D eigenvalue weighted by Gasteiger charge is 2.22. The highest BCUT2D eigenvalue weighted by atomic mass is 32.2. The molecule has 76 valence electrons. The molecule has 0 aromatic carbocycles. The van der Waals surface area contributed by atoms with Crippen LogP contribution in [0.25, 0.3) is 0 Å². The van der Waals surface area contributed by atoms with Crippen LogP contribution < -0.4 is 0 Å². The Hall–Kier alpha value is -0.550. The number of aromatic nitrogens is 1. The molecule has 1 aromatic rings. The molecule has 1 fully saturated rings. The van der Waals surface area contributed by atoms with E-state index in [2.05, 4.69) is 9.72 Å². The summed E-state index contributed by atoms with van der Waals surface area (Å²) in [7, 11) is 1.38. The molecular formula is C9H11NO2S2. The van der Waals surface area contributed by atoms with Crippen molar-refractivity contribution in [3.05, 3.63) is 16.1 Å². The molecule has 14 heavy (non-hydrogen) atoms. The Labute approximate surface area is 90.9 Å². The van der Waals surface area contributed by atoms with Gasteiger partial charge in [0.2, 0.25) is 0 Å². The molecule has 1 aliphatic heterocycles. The first-order valence-corrected chi connectivity index (χ1v) is 6.39. The second-order valence-electron chi connectivity index (χ2n) is 3.06. The van der Waals surface area contributed by atoms with Crippen LogP contribution in [0.5, 0.6) is 0 Å². The molecule has 1 saturated heterocycles.